The van der Waals surface area contributed by atoms with Crippen LogP contribution >= 0.6 is 23.5 Å². The average Bonchev–Trinajstić information content (AvgIpc) is 3.67. The molecule has 4 aromatic heterocycles. The smallest absolute Gasteiger partial charge is 0.313 e. The molecule has 5 rings (SSSR count). The summed E-state index contributed by atoms with van der Waals surface area (Å²) in [5, 5.41) is 39.1. The molecule has 1 saturated heterocycles. The van der Waals surface area contributed by atoms with Gasteiger partial charge in [0, 0.05) is 25.7 Å². The number of aromatic nitrogens is 8. The number of morpholine rings is 1. The Labute approximate surface area is 229 Å². The first-order valence-electron chi connectivity index (χ1n) is 11.7. The maximum absolute atomic E-state index is 10.9. The van der Waals surface area contributed by atoms with E-state index < -0.39 is 11.9 Å². The lowest BCUT2D eigenvalue weighted by molar-refractivity contribution is -0.134. The van der Waals surface area contributed by atoms with E-state index in [2.05, 4.69) is 45.4 Å². The van der Waals surface area contributed by atoms with Crippen molar-refractivity contribution in [3.05, 3.63) is 29.8 Å². The number of aromatic amines is 2. The van der Waals surface area contributed by atoms with Gasteiger partial charge in [-0.25, -0.2) is 4.98 Å². The molecule has 0 bridgehead atoms. The van der Waals surface area contributed by atoms with Gasteiger partial charge in [0.15, 0.2) is 27.7 Å². The first-order chi connectivity index (χ1) is 18.9. The topological polar surface area (TPSA) is 209 Å². The van der Waals surface area contributed by atoms with E-state index in [1.54, 1.807) is 19.2 Å². The Morgan fingerprint density at radius 2 is 1.77 bits per heavy atom. The Morgan fingerprint density at radius 1 is 1.08 bits per heavy atom. The van der Waals surface area contributed by atoms with Crippen molar-refractivity contribution in [1.82, 2.24) is 40.5 Å². The number of carboxylic acid groups (broad SMARTS) is 2. The Bertz CT molecular complexity index is 1470. The molecule has 204 valence electrons. The van der Waals surface area contributed by atoms with Crippen LogP contribution in [-0.2, 0) is 20.7 Å². The first kappa shape index (κ1) is 26.6. The molecule has 1 atom stereocenters. The summed E-state index contributed by atoms with van der Waals surface area (Å²) >= 11 is 2.09. The average molecular weight is 574 g/mol. The molecule has 0 spiro atoms. The Morgan fingerprint density at radius 3 is 2.49 bits per heavy atom. The summed E-state index contributed by atoms with van der Waals surface area (Å²) in [6.07, 6.45) is 1.85. The van der Waals surface area contributed by atoms with Crippen LogP contribution in [0.3, 0.4) is 0 Å². The number of H-pyrrole nitrogens is 2. The van der Waals surface area contributed by atoms with E-state index in [1.165, 1.54) is 0 Å². The molecule has 4 aromatic rings. The molecule has 39 heavy (non-hydrogen) atoms. The van der Waals surface area contributed by atoms with E-state index in [0.29, 0.717) is 70.9 Å². The third-order valence-corrected chi connectivity index (χ3v) is 7.36. The lowest BCUT2D eigenvalue weighted by Gasteiger charge is -2.34. The number of hydrogen-bond acceptors (Lipinski definition) is 13. The molecule has 1 aliphatic heterocycles. The minimum Gasteiger partial charge on any atom is -0.481 e. The molecular formula is C22H23N9O6S2. The van der Waals surface area contributed by atoms with Crippen molar-refractivity contribution in [2.24, 2.45) is 0 Å². The highest BCUT2D eigenvalue weighted by molar-refractivity contribution is 8.00. The Kier molecular flexibility index (Phi) is 8.08. The third kappa shape index (κ3) is 6.37. The van der Waals surface area contributed by atoms with Crippen LogP contribution in [-0.4, -0.2) is 100.0 Å². The van der Waals surface area contributed by atoms with E-state index in [0.717, 1.165) is 29.1 Å². The van der Waals surface area contributed by atoms with Crippen LogP contribution in [0.4, 0.5) is 5.82 Å². The number of nitrogens with one attached hydrogen (secondary N) is 2. The van der Waals surface area contributed by atoms with Crippen molar-refractivity contribution < 1.29 is 29.1 Å². The summed E-state index contributed by atoms with van der Waals surface area (Å²) in [7, 11) is 0. The second-order valence-corrected chi connectivity index (χ2v) is 10.3. The van der Waals surface area contributed by atoms with E-state index in [-0.39, 0.29) is 17.6 Å². The largest absolute Gasteiger partial charge is 0.481 e. The third-order valence-electron chi connectivity index (χ3n) is 5.66. The summed E-state index contributed by atoms with van der Waals surface area (Å²) in [5.74, 6) is 0.0486. The molecule has 15 nitrogen and oxygen atoms in total. The normalized spacial score (nSPS) is 15.5. The Hall–Kier alpha value is -3.96. The number of anilines is 1. The van der Waals surface area contributed by atoms with E-state index in [9.17, 15) is 9.59 Å². The van der Waals surface area contributed by atoms with Gasteiger partial charge in [-0.05, 0) is 19.1 Å². The van der Waals surface area contributed by atoms with Crippen LogP contribution in [0.1, 0.15) is 11.5 Å². The minimum atomic E-state index is -0.948. The van der Waals surface area contributed by atoms with Crippen LogP contribution in [0.5, 0.6) is 0 Å². The van der Waals surface area contributed by atoms with Crippen LogP contribution in [0, 0.1) is 6.92 Å². The minimum absolute atomic E-state index is 0.126. The lowest BCUT2D eigenvalue weighted by atomic mass is 10.1. The number of carbonyl (C=O) groups is 2. The van der Waals surface area contributed by atoms with Gasteiger partial charge in [-0.1, -0.05) is 28.7 Å². The van der Waals surface area contributed by atoms with Crippen LogP contribution in [0.25, 0.3) is 22.8 Å². The molecule has 1 aliphatic rings. The SMILES string of the molecule is Cc1noc(CC2CN(c3ncccc3-c3nnc(SCC(=O)O)[nH]3)CCO2)c1-c1nnc(SCC(=O)O)[nH]1. The van der Waals surface area contributed by atoms with E-state index >= 15 is 0 Å². The highest BCUT2D eigenvalue weighted by atomic mass is 32.2. The number of ether oxygens (including phenoxy) is 1. The van der Waals surface area contributed by atoms with Gasteiger partial charge in [0.2, 0.25) is 0 Å². The number of aliphatic carboxylic acids is 2. The highest BCUT2D eigenvalue weighted by Crippen LogP contribution is 2.31. The number of hydrogen-bond donors (Lipinski definition) is 4. The zero-order valence-corrected chi connectivity index (χ0v) is 22.2. The maximum Gasteiger partial charge on any atom is 0.313 e. The second-order valence-electron chi connectivity index (χ2n) is 8.41. The predicted molar refractivity (Wildman–Crippen MR) is 139 cm³/mol. The summed E-state index contributed by atoms with van der Waals surface area (Å²) in [4.78, 5) is 34.5. The van der Waals surface area contributed by atoms with Gasteiger partial charge >= 0.3 is 11.9 Å². The molecule has 1 fully saturated rings. The van der Waals surface area contributed by atoms with Gasteiger partial charge in [-0.3, -0.25) is 9.59 Å². The van der Waals surface area contributed by atoms with Crippen molar-refractivity contribution >= 4 is 41.3 Å². The van der Waals surface area contributed by atoms with Crippen molar-refractivity contribution in [2.75, 3.05) is 36.1 Å². The van der Waals surface area contributed by atoms with Crippen molar-refractivity contribution in [3.8, 4) is 22.8 Å². The lowest BCUT2D eigenvalue weighted by Crippen LogP contribution is -2.44. The van der Waals surface area contributed by atoms with Gasteiger partial charge < -0.3 is 34.3 Å². The maximum atomic E-state index is 10.9. The summed E-state index contributed by atoms with van der Waals surface area (Å²) in [6, 6.07) is 3.67. The van der Waals surface area contributed by atoms with Gasteiger partial charge in [0.05, 0.1) is 41.0 Å². The number of aryl methyl sites for hydroxylation is 1. The van der Waals surface area contributed by atoms with Gasteiger partial charge in [-0.15, -0.1) is 20.4 Å². The van der Waals surface area contributed by atoms with Gasteiger partial charge in [0.1, 0.15) is 5.82 Å². The second kappa shape index (κ2) is 11.8. The molecular weight excluding hydrogens is 550 g/mol. The molecule has 0 aliphatic carbocycles. The zero-order chi connectivity index (χ0) is 27.4. The van der Waals surface area contributed by atoms with Crippen molar-refractivity contribution in [3.63, 3.8) is 0 Å². The van der Waals surface area contributed by atoms with E-state index in [1.807, 2.05) is 6.07 Å². The fourth-order valence-electron chi connectivity index (χ4n) is 4.05. The summed E-state index contributed by atoms with van der Waals surface area (Å²) in [6.45, 7) is 3.36. The highest BCUT2D eigenvalue weighted by Gasteiger charge is 2.28. The standard InChI is InChI=1S/C22H23N9O6S2/c1-11-17(19-25-22(29-27-19)39-10-16(34)35)14(37-30-11)7-12-8-31(5-6-36-12)20-13(3-2-4-23-20)18-24-21(28-26-18)38-9-15(32)33/h2-4,12H,5-10H2,1H3,(H,32,33)(H,34,35)(H,24,26,28)(H,25,27,29). The molecule has 1 unspecified atom stereocenters. The van der Waals surface area contributed by atoms with E-state index in [4.69, 9.17) is 19.5 Å². The van der Waals surface area contributed by atoms with Crippen molar-refractivity contribution in [1.29, 1.82) is 0 Å². The fraction of sp³-hybridized carbons (Fsp3) is 0.364. The monoisotopic (exact) mass is 573 g/mol. The fourth-order valence-corrected chi connectivity index (χ4v) is 5.11. The molecule has 0 amide bonds. The van der Waals surface area contributed by atoms with Crippen molar-refractivity contribution in [2.45, 2.75) is 29.8 Å². The molecule has 5 heterocycles. The molecule has 0 aromatic carbocycles. The quantitative estimate of drug-likeness (QED) is 0.188. The van der Waals surface area contributed by atoms with Crippen LogP contribution in [0.15, 0.2) is 33.2 Å². The van der Waals surface area contributed by atoms with Gasteiger partial charge in [-0.2, -0.15) is 0 Å². The Balaban J connectivity index is 1.31. The molecule has 0 saturated carbocycles. The van der Waals surface area contributed by atoms with Crippen LogP contribution in [0.2, 0.25) is 0 Å². The van der Waals surface area contributed by atoms with Gasteiger partial charge in [0.25, 0.3) is 0 Å². The summed E-state index contributed by atoms with van der Waals surface area (Å²) in [5.41, 5.74) is 2.02. The molecule has 0 radical (unpaired) electrons. The number of nitrogens with zero attached hydrogens (tertiary/aromatic N) is 7. The molecule has 4 N–H and O–H groups in total. The van der Waals surface area contributed by atoms with Crippen LogP contribution < -0.4 is 4.90 Å². The number of carboxylic acids is 2. The number of pyridine rings is 1. The first-order valence-corrected chi connectivity index (χ1v) is 13.7. The molecule has 17 heteroatoms. The predicted octanol–water partition coefficient (Wildman–Crippen LogP) is 1.75. The number of rotatable bonds is 11. The number of thioether (sulfide) groups is 2. The summed E-state index contributed by atoms with van der Waals surface area (Å²) < 4.78 is 11.7. The zero-order valence-electron chi connectivity index (χ0n) is 20.5.